The first-order valence-electron chi connectivity index (χ1n) is 7.70. The number of benzene rings is 1. The van der Waals surface area contributed by atoms with Crippen LogP contribution in [0.25, 0.3) is 11.5 Å². The molecule has 1 heterocycles. The summed E-state index contributed by atoms with van der Waals surface area (Å²) < 4.78 is 5.66. The maximum absolute atomic E-state index is 11.9. The molecule has 0 saturated carbocycles. The minimum atomic E-state index is -0.0330. The van der Waals surface area contributed by atoms with E-state index in [9.17, 15) is 4.79 Å². The lowest BCUT2D eigenvalue weighted by Gasteiger charge is -2.05. The van der Waals surface area contributed by atoms with E-state index in [1.165, 1.54) is 0 Å². The lowest BCUT2D eigenvalue weighted by atomic mass is 10.2. The molecule has 5 nitrogen and oxygen atoms in total. The summed E-state index contributed by atoms with van der Waals surface area (Å²) in [6.45, 7) is 6.33. The molecule has 0 aliphatic rings. The van der Waals surface area contributed by atoms with Gasteiger partial charge in [0.15, 0.2) is 0 Å². The fourth-order valence-electron chi connectivity index (χ4n) is 2.10. The molecular weight excluding hydrogens is 278 g/mol. The third-order valence-corrected chi connectivity index (χ3v) is 3.29. The number of amides is 1. The first kappa shape index (κ1) is 16.2. The molecule has 1 aromatic carbocycles. The van der Waals surface area contributed by atoms with Gasteiger partial charge in [-0.25, -0.2) is 4.98 Å². The van der Waals surface area contributed by atoms with Gasteiger partial charge in [-0.3, -0.25) is 4.79 Å². The molecule has 2 N–H and O–H groups in total. The van der Waals surface area contributed by atoms with Gasteiger partial charge in [0, 0.05) is 18.7 Å². The molecule has 0 saturated heterocycles. The van der Waals surface area contributed by atoms with Crippen LogP contribution < -0.4 is 10.6 Å². The second-order valence-corrected chi connectivity index (χ2v) is 5.16. The van der Waals surface area contributed by atoms with E-state index in [2.05, 4.69) is 22.5 Å². The molecular formula is C17H23N3O2. The van der Waals surface area contributed by atoms with Crippen molar-refractivity contribution in [2.45, 2.75) is 26.7 Å². The molecule has 118 valence electrons. The molecule has 22 heavy (non-hydrogen) atoms. The molecule has 0 aliphatic heterocycles. The van der Waals surface area contributed by atoms with Crippen molar-refractivity contribution in [2.24, 2.45) is 0 Å². The molecule has 2 aromatic rings. The van der Waals surface area contributed by atoms with Gasteiger partial charge < -0.3 is 15.1 Å². The third-order valence-electron chi connectivity index (χ3n) is 3.29. The number of hydrogen-bond acceptors (Lipinski definition) is 4. The minimum Gasteiger partial charge on any atom is -0.441 e. The number of carbonyl (C=O) groups is 1. The number of nitrogens with one attached hydrogen (secondary N) is 2. The lowest BCUT2D eigenvalue weighted by molar-refractivity contribution is -0.120. The van der Waals surface area contributed by atoms with Crippen LogP contribution in [0.15, 0.2) is 34.7 Å². The van der Waals surface area contributed by atoms with Gasteiger partial charge in [-0.2, -0.15) is 0 Å². The summed E-state index contributed by atoms with van der Waals surface area (Å²) in [5.41, 5.74) is 1.61. The number of carbonyl (C=O) groups excluding carboxylic acids is 1. The van der Waals surface area contributed by atoms with Crippen molar-refractivity contribution in [3.05, 3.63) is 41.8 Å². The van der Waals surface area contributed by atoms with Crippen molar-refractivity contribution < 1.29 is 9.21 Å². The highest BCUT2D eigenvalue weighted by Crippen LogP contribution is 2.21. The summed E-state index contributed by atoms with van der Waals surface area (Å²) >= 11 is 0. The highest BCUT2D eigenvalue weighted by molar-refractivity contribution is 5.78. The number of rotatable bonds is 8. The van der Waals surface area contributed by atoms with E-state index in [4.69, 9.17) is 4.42 Å². The first-order chi connectivity index (χ1) is 10.7. The largest absolute Gasteiger partial charge is 0.441 e. The fraction of sp³-hybridized carbons (Fsp3) is 0.412. The van der Waals surface area contributed by atoms with Crippen LogP contribution in [0.1, 0.15) is 24.8 Å². The minimum absolute atomic E-state index is 0.0330. The highest BCUT2D eigenvalue weighted by atomic mass is 16.4. The fourth-order valence-corrected chi connectivity index (χ4v) is 2.10. The SMILES string of the molecule is CCCNCCNC(=O)Cc1nc(-c2ccccc2)oc1C. The predicted octanol–water partition coefficient (Wildman–Crippen LogP) is 2.31. The molecule has 1 amide bonds. The van der Waals surface area contributed by atoms with Crippen LogP contribution in [-0.2, 0) is 11.2 Å². The van der Waals surface area contributed by atoms with Crippen LogP contribution in [-0.4, -0.2) is 30.5 Å². The third kappa shape index (κ3) is 4.70. The van der Waals surface area contributed by atoms with E-state index < -0.39 is 0 Å². The molecule has 0 radical (unpaired) electrons. The Morgan fingerprint density at radius 3 is 2.68 bits per heavy atom. The molecule has 0 spiro atoms. The standard InChI is InChI=1S/C17H23N3O2/c1-3-9-18-10-11-19-16(21)12-15-13(2)22-17(20-15)14-7-5-4-6-8-14/h4-8,18H,3,9-12H2,1-2H3,(H,19,21). The number of oxazole rings is 1. The molecule has 2 rings (SSSR count). The van der Waals surface area contributed by atoms with Gasteiger partial charge in [-0.05, 0) is 32.0 Å². The van der Waals surface area contributed by atoms with E-state index in [-0.39, 0.29) is 12.3 Å². The van der Waals surface area contributed by atoms with Gasteiger partial charge in [-0.1, -0.05) is 25.1 Å². The van der Waals surface area contributed by atoms with Gasteiger partial charge in [0.05, 0.1) is 12.1 Å². The molecule has 5 heteroatoms. The maximum Gasteiger partial charge on any atom is 0.226 e. The van der Waals surface area contributed by atoms with Gasteiger partial charge in [-0.15, -0.1) is 0 Å². The average molecular weight is 301 g/mol. The zero-order chi connectivity index (χ0) is 15.8. The van der Waals surface area contributed by atoms with Crippen LogP contribution in [0.2, 0.25) is 0 Å². The zero-order valence-electron chi connectivity index (χ0n) is 13.2. The Morgan fingerprint density at radius 2 is 1.95 bits per heavy atom. The van der Waals surface area contributed by atoms with E-state index in [0.29, 0.717) is 23.9 Å². The van der Waals surface area contributed by atoms with Crippen molar-refractivity contribution in [3.8, 4) is 11.5 Å². The van der Waals surface area contributed by atoms with Crippen molar-refractivity contribution in [3.63, 3.8) is 0 Å². The van der Waals surface area contributed by atoms with Gasteiger partial charge in [0.1, 0.15) is 5.76 Å². The first-order valence-corrected chi connectivity index (χ1v) is 7.70. The summed E-state index contributed by atoms with van der Waals surface area (Å²) in [6.07, 6.45) is 1.34. The quantitative estimate of drug-likeness (QED) is 0.734. The zero-order valence-corrected chi connectivity index (χ0v) is 13.2. The van der Waals surface area contributed by atoms with E-state index >= 15 is 0 Å². The Balaban J connectivity index is 1.88. The predicted molar refractivity (Wildman–Crippen MR) is 86.6 cm³/mol. The number of hydrogen-bond donors (Lipinski definition) is 2. The number of aryl methyl sites for hydroxylation is 1. The molecule has 0 atom stereocenters. The maximum atomic E-state index is 11.9. The lowest BCUT2D eigenvalue weighted by Crippen LogP contribution is -2.33. The van der Waals surface area contributed by atoms with Crippen molar-refractivity contribution in [2.75, 3.05) is 19.6 Å². The Hall–Kier alpha value is -2.14. The Morgan fingerprint density at radius 1 is 1.18 bits per heavy atom. The summed E-state index contributed by atoms with van der Waals surface area (Å²) in [4.78, 5) is 16.4. The molecule has 0 aliphatic carbocycles. The summed E-state index contributed by atoms with van der Waals surface area (Å²) in [5.74, 6) is 1.22. The smallest absolute Gasteiger partial charge is 0.226 e. The van der Waals surface area contributed by atoms with E-state index in [0.717, 1.165) is 25.1 Å². The molecule has 0 fully saturated rings. The van der Waals surface area contributed by atoms with Gasteiger partial charge >= 0.3 is 0 Å². The van der Waals surface area contributed by atoms with Gasteiger partial charge in [0.25, 0.3) is 0 Å². The second kappa shape index (κ2) is 8.34. The Kier molecular flexibility index (Phi) is 6.15. The normalized spacial score (nSPS) is 10.6. The van der Waals surface area contributed by atoms with E-state index in [1.54, 1.807) is 0 Å². The Labute approximate surface area is 131 Å². The van der Waals surface area contributed by atoms with Crippen LogP contribution in [0.5, 0.6) is 0 Å². The van der Waals surface area contributed by atoms with Crippen LogP contribution in [0, 0.1) is 6.92 Å². The van der Waals surface area contributed by atoms with Crippen molar-refractivity contribution >= 4 is 5.91 Å². The van der Waals surface area contributed by atoms with Crippen LogP contribution in [0.4, 0.5) is 0 Å². The number of aromatic nitrogens is 1. The summed E-state index contributed by atoms with van der Waals surface area (Å²) in [5, 5.41) is 6.13. The van der Waals surface area contributed by atoms with E-state index in [1.807, 2.05) is 37.3 Å². The molecule has 1 aromatic heterocycles. The highest BCUT2D eigenvalue weighted by Gasteiger charge is 2.14. The van der Waals surface area contributed by atoms with Crippen molar-refractivity contribution in [1.29, 1.82) is 0 Å². The number of nitrogens with zero attached hydrogens (tertiary/aromatic N) is 1. The summed E-state index contributed by atoms with van der Waals surface area (Å²) in [6, 6.07) is 9.69. The van der Waals surface area contributed by atoms with Crippen LogP contribution >= 0.6 is 0 Å². The van der Waals surface area contributed by atoms with Gasteiger partial charge in [0.2, 0.25) is 11.8 Å². The van der Waals surface area contributed by atoms with Crippen LogP contribution in [0.3, 0.4) is 0 Å². The average Bonchev–Trinajstić information content (AvgIpc) is 2.89. The van der Waals surface area contributed by atoms with Crippen molar-refractivity contribution in [1.82, 2.24) is 15.6 Å². The molecule has 0 unspecified atom stereocenters. The molecule has 0 bridgehead atoms. The summed E-state index contributed by atoms with van der Waals surface area (Å²) in [7, 11) is 0. The Bertz CT molecular complexity index is 593. The second-order valence-electron chi connectivity index (χ2n) is 5.16. The topological polar surface area (TPSA) is 67.2 Å². The monoisotopic (exact) mass is 301 g/mol.